The number of aryl methyl sites for hydroxylation is 2. The highest BCUT2D eigenvalue weighted by molar-refractivity contribution is 5.98. The van der Waals surface area contributed by atoms with Crippen molar-refractivity contribution in [3.8, 4) is 16.9 Å². The predicted molar refractivity (Wildman–Crippen MR) is 134 cm³/mol. The van der Waals surface area contributed by atoms with Crippen LogP contribution in [0.1, 0.15) is 29.7 Å². The van der Waals surface area contributed by atoms with Gasteiger partial charge in [-0.15, -0.1) is 0 Å². The van der Waals surface area contributed by atoms with Crippen molar-refractivity contribution in [3.63, 3.8) is 0 Å². The lowest BCUT2D eigenvalue weighted by molar-refractivity contribution is -0.131. The van der Waals surface area contributed by atoms with Crippen LogP contribution in [0.15, 0.2) is 65.7 Å². The monoisotopic (exact) mass is 442 g/mol. The molecule has 0 saturated heterocycles. The van der Waals surface area contributed by atoms with Gasteiger partial charge in [-0.2, -0.15) is 0 Å². The fourth-order valence-corrected chi connectivity index (χ4v) is 4.40. The summed E-state index contributed by atoms with van der Waals surface area (Å²) in [6.45, 7) is 6.44. The number of rotatable bonds is 5. The van der Waals surface area contributed by atoms with Crippen LogP contribution in [0.3, 0.4) is 0 Å². The maximum atomic E-state index is 13.8. The Bertz CT molecular complexity index is 1200. The molecule has 170 valence electrons. The summed E-state index contributed by atoms with van der Waals surface area (Å²) < 4.78 is 0. The van der Waals surface area contributed by atoms with E-state index in [1.54, 1.807) is 30.4 Å². The molecule has 2 atom stereocenters. The van der Waals surface area contributed by atoms with E-state index in [-0.39, 0.29) is 17.7 Å². The zero-order valence-electron chi connectivity index (χ0n) is 19.5. The van der Waals surface area contributed by atoms with E-state index in [4.69, 9.17) is 5.73 Å². The highest BCUT2D eigenvalue weighted by Crippen LogP contribution is 2.40. The largest absolute Gasteiger partial charge is 0.508 e. The number of phenolic OH excluding ortho intramolecular Hbond substituents is 1. The first-order valence-corrected chi connectivity index (χ1v) is 11.1. The van der Waals surface area contributed by atoms with Gasteiger partial charge in [0.1, 0.15) is 11.8 Å². The van der Waals surface area contributed by atoms with Crippen LogP contribution in [0.25, 0.3) is 11.1 Å². The number of hydrogen-bond acceptors (Lipinski definition) is 5. The Labute approximate surface area is 195 Å². The standard InChI is InChI=1S/C27H30N4O2/c1-17-10-18(2)12-22(11-17)31-16-29-25-9-8-21(20-6-5-7-23(32)13-20)14-24(25)26(31)27(33)30(4)15-19(3)28/h5-14,16,19,26,32H,15,28H2,1-4H3/t19-,26?/m0/s1. The highest BCUT2D eigenvalue weighted by atomic mass is 16.3. The molecular formula is C27H30N4O2. The summed E-state index contributed by atoms with van der Waals surface area (Å²) in [5, 5.41) is 9.95. The number of nitrogens with zero attached hydrogens (tertiary/aromatic N) is 3. The van der Waals surface area contributed by atoms with Gasteiger partial charge in [0.2, 0.25) is 5.91 Å². The Balaban J connectivity index is 1.85. The van der Waals surface area contributed by atoms with Gasteiger partial charge in [-0.05, 0) is 79.4 Å². The molecule has 4 rings (SSSR count). The lowest BCUT2D eigenvalue weighted by atomic mass is 9.94. The van der Waals surface area contributed by atoms with Gasteiger partial charge < -0.3 is 20.6 Å². The number of fused-ring (bicyclic) bond motifs is 1. The van der Waals surface area contributed by atoms with Crippen molar-refractivity contribution in [1.82, 2.24) is 4.90 Å². The number of nitrogens with two attached hydrogens (primary N) is 1. The maximum Gasteiger partial charge on any atom is 0.250 e. The molecule has 1 aliphatic rings. The zero-order chi connectivity index (χ0) is 23.7. The molecule has 3 aromatic rings. The molecule has 1 unspecified atom stereocenters. The number of phenols is 1. The minimum absolute atomic E-state index is 0.0491. The quantitative estimate of drug-likeness (QED) is 0.600. The molecule has 1 heterocycles. The van der Waals surface area contributed by atoms with E-state index in [9.17, 15) is 9.90 Å². The Morgan fingerprint density at radius 2 is 1.79 bits per heavy atom. The van der Waals surface area contributed by atoms with E-state index in [1.807, 2.05) is 56.0 Å². The van der Waals surface area contributed by atoms with Crippen molar-refractivity contribution in [1.29, 1.82) is 0 Å². The molecule has 0 radical (unpaired) electrons. The van der Waals surface area contributed by atoms with E-state index >= 15 is 0 Å². The average molecular weight is 443 g/mol. The number of anilines is 1. The van der Waals surface area contributed by atoms with Crippen LogP contribution in [0.2, 0.25) is 0 Å². The van der Waals surface area contributed by atoms with E-state index in [1.165, 1.54) is 0 Å². The first-order valence-electron chi connectivity index (χ1n) is 11.1. The molecule has 1 amide bonds. The number of benzene rings is 3. The van der Waals surface area contributed by atoms with Crippen LogP contribution in [0.4, 0.5) is 11.4 Å². The summed E-state index contributed by atoms with van der Waals surface area (Å²) in [4.78, 5) is 22.1. The molecule has 0 fully saturated rings. The van der Waals surface area contributed by atoms with E-state index < -0.39 is 6.04 Å². The van der Waals surface area contributed by atoms with Crippen molar-refractivity contribution in [3.05, 3.63) is 77.4 Å². The summed E-state index contributed by atoms with van der Waals surface area (Å²) in [5.41, 5.74) is 12.5. The minimum atomic E-state index is -0.584. The molecule has 3 aromatic carbocycles. The SMILES string of the molecule is Cc1cc(C)cc(N2C=Nc3ccc(-c4cccc(O)c4)cc3C2C(=O)N(C)C[C@H](C)N)c1. The number of aromatic hydroxyl groups is 1. The van der Waals surface area contributed by atoms with Crippen molar-refractivity contribution in [2.75, 3.05) is 18.5 Å². The van der Waals surface area contributed by atoms with Crippen LogP contribution in [0.5, 0.6) is 5.75 Å². The number of hydrogen-bond donors (Lipinski definition) is 2. The van der Waals surface area contributed by atoms with Gasteiger partial charge in [0, 0.05) is 30.9 Å². The third-order valence-corrected chi connectivity index (χ3v) is 5.78. The highest BCUT2D eigenvalue weighted by Gasteiger charge is 2.34. The van der Waals surface area contributed by atoms with Crippen molar-refractivity contribution < 1.29 is 9.90 Å². The molecule has 0 saturated carbocycles. The Hall–Kier alpha value is -3.64. The molecule has 0 aliphatic carbocycles. The lowest BCUT2D eigenvalue weighted by Gasteiger charge is -2.36. The van der Waals surface area contributed by atoms with E-state index in [0.29, 0.717) is 6.54 Å². The number of amides is 1. The van der Waals surface area contributed by atoms with Crippen molar-refractivity contribution in [2.24, 2.45) is 10.7 Å². The summed E-state index contributed by atoms with van der Waals surface area (Å²) >= 11 is 0. The zero-order valence-corrected chi connectivity index (χ0v) is 19.5. The van der Waals surface area contributed by atoms with Gasteiger partial charge in [-0.3, -0.25) is 4.79 Å². The van der Waals surface area contributed by atoms with Gasteiger partial charge in [0.05, 0.1) is 12.0 Å². The third kappa shape index (κ3) is 4.76. The van der Waals surface area contributed by atoms with Gasteiger partial charge in [-0.25, -0.2) is 4.99 Å². The summed E-state index contributed by atoms with van der Waals surface area (Å²) in [7, 11) is 1.79. The molecule has 33 heavy (non-hydrogen) atoms. The molecule has 3 N–H and O–H groups in total. The second kappa shape index (κ2) is 9.08. The Kier molecular flexibility index (Phi) is 6.20. The van der Waals surface area contributed by atoms with Gasteiger partial charge in [0.15, 0.2) is 0 Å². The molecule has 0 aromatic heterocycles. The van der Waals surface area contributed by atoms with Crippen molar-refractivity contribution >= 4 is 23.6 Å². The molecular weight excluding hydrogens is 412 g/mol. The smallest absolute Gasteiger partial charge is 0.250 e. The second-order valence-electron chi connectivity index (χ2n) is 8.92. The normalized spacial score (nSPS) is 15.8. The number of carbonyl (C=O) groups is 1. The topological polar surface area (TPSA) is 82.2 Å². The van der Waals surface area contributed by atoms with Crippen LogP contribution in [-0.4, -0.2) is 41.9 Å². The maximum absolute atomic E-state index is 13.8. The van der Waals surface area contributed by atoms with Gasteiger partial charge in [-0.1, -0.05) is 24.3 Å². The molecule has 0 bridgehead atoms. The fourth-order valence-electron chi connectivity index (χ4n) is 4.40. The number of likely N-dealkylation sites (N-methyl/N-ethyl adjacent to an activating group) is 1. The number of aliphatic imine (C=N–C) groups is 1. The fraction of sp³-hybridized carbons (Fsp3) is 0.259. The summed E-state index contributed by atoms with van der Waals surface area (Å²) in [6.07, 6.45) is 1.74. The second-order valence-corrected chi connectivity index (χ2v) is 8.92. The van der Waals surface area contributed by atoms with E-state index in [0.717, 1.165) is 39.2 Å². The van der Waals surface area contributed by atoms with Crippen LogP contribution < -0.4 is 10.6 Å². The van der Waals surface area contributed by atoms with Gasteiger partial charge >= 0.3 is 0 Å². The van der Waals surface area contributed by atoms with Crippen LogP contribution >= 0.6 is 0 Å². The number of carbonyl (C=O) groups excluding carboxylic acids is 1. The molecule has 1 aliphatic heterocycles. The third-order valence-electron chi connectivity index (χ3n) is 5.78. The molecule has 6 heteroatoms. The average Bonchev–Trinajstić information content (AvgIpc) is 2.76. The molecule has 0 spiro atoms. The summed E-state index contributed by atoms with van der Waals surface area (Å²) in [6, 6.07) is 18.5. The molecule has 6 nitrogen and oxygen atoms in total. The summed E-state index contributed by atoms with van der Waals surface area (Å²) in [5.74, 6) is 0.149. The first-order chi connectivity index (χ1) is 15.7. The van der Waals surface area contributed by atoms with E-state index in [2.05, 4.69) is 23.2 Å². The Morgan fingerprint density at radius 1 is 1.09 bits per heavy atom. The first kappa shape index (κ1) is 22.6. The van der Waals surface area contributed by atoms with Crippen molar-refractivity contribution in [2.45, 2.75) is 32.9 Å². The lowest BCUT2D eigenvalue weighted by Crippen LogP contribution is -2.45. The van der Waals surface area contributed by atoms with Crippen LogP contribution in [-0.2, 0) is 4.79 Å². The Morgan fingerprint density at radius 3 is 2.45 bits per heavy atom. The minimum Gasteiger partial charge on any atom is -0.508 e. The van der Waals surface area contributed by atoms with Gasteiger partial charge in [0.25, 0.3) is 0 Å². The predicted octanol–water partition coefficient (Wildman–Crippen LogP) is 4.70. The van der Waals surface area contributed by atoms with Crippen LogP contribution in [0, 0.1) is 13.8 Å².